The molecule has 5 nitrogen and oxygen atoms in total. The Balaban J connectivity index is 1.72. The third-order valence-corrected chi connectivity index (χ3v) is 3.09. The molecule has 96 valence electrons. The van der Waals surface area contributed by atoms with Crippen LogP contribution in [0.5, 0.6) is 0 Å². The van der Waals surface area contributed by atoms with Crippen LogP contribution in [0.1, 0.15) is 37.7 Å². The lowest BCUT2D eigenvalue weighted by Gasteiger charge is -2.01. The molecule has 18 heavy (non-hydrogen) atoms. The highest BCUT2D eigenvalue weighted by atomic mass is 16.4. The maximum Gasteiger partial charge on any atom is 0.307 e. The van der Waals surface area contributed by atoms with E-state index in [4.69, 9.17) is 4.42 Å². The number of aryl methyl sites for hydroxylation is 1. The van der Waals surface area contributed by atoms with Gasteiger partial charge in [-0.15, -0.1) is 0 Å². The molecule has 0 atom stereocenters. The monoisotopic (exact) mass is 246 g/mol. The highest BCUT2D eigenvalue weighted by Crippen LogP contribution is 2.19. The van der Waals surface area contributed by atoms with Gasteiger partial charge in [0.25, 0.3) is 0 Å². The smallest absolute Gasteiger partial charge is 0.307 e. The van der Waals surface area contributed by atoms with Gasteiger partial charge in [-0.1, -0.05) is 6.92 Å². The van der Waals surface area contributed by atoms with Gasteiger partial charge in [0, 0.05) is 31.4 Å². The maximum absolute atomic E-state index is 5.52. The third-order valence-electron chi connectivity index (χ3n) is 3.09. The number of hydrogen-bond donors (Lipinski definition) is 1. The van der Waals surface area contributed by atoms with Gasteiger partial charge in [0.2, 0.25) is 0 Å². The van der Waals surface area contributed by atoms with Crippen LogP contribution in [0.4, 0.5) is 0 Å². The average molecular weight is 246 g/mol. The van der Waals surface area contributed by atoms with Crippen LogP contribution in [0.25, 0.3) is 6.01 Å². The molecule has 1 aliphatic rings. The van der Waals surface area contributed by atoms with Gasteiger partial charge < -0.3 is 9.73 Å². The Labute approximate surface area is 106 Å². The van der Waals surface area contributed by atoms with Crippen molar-refractivity contribution in [2.75, 3.05) is 0 Å². The van der Waals surface area contributed by atoms with Gasteiger partial charge in [0.05, 0.1) is 5.69 Å². The van der Waals surface area contributed by atoms with Crippen LogP contribution in [-0.2, 0) is 13.0 Å². The Morgan fingerprint density at radius 1 is 1.50 bits per heavy atom. The van der Waals surface area contributed by atoms with Crippen LogP contribution in [0.3, 0.4) is 0 Å². The van der Waals surface area contributed by atoms with Crippen molar-refractivity contribution < 1.29 is 4.42 Å². The first-order valence-corrected chi connectivity index (χ1v) is 6.57. The molecule has 1 N–H and O–H groups in total. The summed E-state index contributed by atoms with van der Waals surface area (Å²) in [6.45, 7) is 2.92. The topological polar surface area (TPSA) is 55.9 Å². The quantitative estimate of drug-likeness (QED) is 0.847. The van der Waals surface area contributed by atoms with E-state index in [0.717, 1.165) is 30.9 Å². The van der Waals surface area contributed by atoms with Gasteiger partial charge in [-0.2, -0.15) is 4.98 Å². The summed E-state index contributed by atoms with van der Waals surface area (Å²) in [5, 5.41) is 3.42. The molecule has 0 amide bonds. The summed E-state index contributed by atoms with van der Waals surface area (Å²) in [6.07, 6.45) is 9.98. The first-order chi connectivity index (χ1) is 8.86. The Kier molecular flexibility index (Phi) is 3.15. The fourth-order valence-corrected chi connectivity index (χ4v) is 1.94. The molecule has 2 heterocycles. The second-order valence-corrected chi connectivity index (χ2v) is 4.74. The number of nitrogens with one attached hydrogen (secondary N) is 1. The number of nitrogens with zero attached hydrogens (tertiary/aromatic N) is 3. The lowest BCUT2D eigenvalue weighted by molar-refractivity contribution is 0.518. The maximum atomic E-state index is 5.52. The molecule has 0 radical (unpaired) electrons. The van der Waals surface area contributed by atoms with Crippen LogP contribution in [0, 0.1) is 0 Å². The molecule has 2 aromatic heterocycles. The second-order valence-electron chi connectivity index (χ2n) is 4.74. The number of oxazole rings is 1. The summed E-state index contributed by atoms with van der Waals surface area (Å²) < 4.78 is 7.44. The van der Waals surface area contributed by atoms with Gasteiger partial charge in [-0.25, -0.2) is 4.98 Å². The van der Waals surface area contributed by atoms with Gasteiger partial charge in [0.1, 0.15) is 12.1 Å². The van der Waals surface area contributed by atoms with E-state index in [0.29, 0.717) is 12.1 Å². The van der Waals surface area contributed by atoms with Crippen molar-refractivity contribution in [1.29, 1.82) is 0 Å². The molecular formula is C13H18N4O. The largest absolute Gasteiger partial charge is 0.431 e. The van der Waals surface area contributed by atoms with Crippen molar-refractivity contribution in [3.05, 3.63) is 30.2 Å². The van der Waals surface area contributed by atoms with Crippen molar-refractivity contribution >= 4 is 0 Å². The van der Waals surface area contributed by atoms with Crippen LogP contribution >= 0.6 is 0 Å². The minimum Gasteiger partial charge on any atom is -0.431 e. The van der Waals surface area contributed by atoms with Gasteiger partial charge in [-0.3, -0.25) is 4.57 Å². The third kappa shape index (κ3) is 2.46. The van der Waals surface area contributed by atoms with Crippen molar-refractivity contribution in [2.24, 2.45) is 0 Å². The van der Waals surface area contributed by atoms with Gasteiger partial charge in [0.15, 0.2) is 0 Å². The molecule has 2 aromatic rings. The summed E-state index contributed by atoms with van der Waals surface area (Å²) in [7, 11) is 0. The van der Waals surface area contributed by atoms with E-state index in [-0.39, 0.29) is 0 Å². The van der Waals surface area contributed by atoms with Crippen LogP contribution in [0.15, 0.2) is 23.1 Å². The molecular weight excluding hydrogens is 228 g/mol. The molecule has 0 aromatic carbocycles. The highest BCUT2D eigenvalue weighted by Gasteiger charge is 2.20. The normalized spacial score (nSPS) is 15.2. The molecule has 0 saturated heterocycles. The number of rotatable bonds is 6. The van der Waals surface area contributed by atoms with E-state index >= 15 is 0 Å². The Morgan fingerprint density at radius 2 is 2.39 bits per heavy atom. The molecule has 5 heteroatoms. The zero-order valence-electron chi connectivity index (χ0n) is 10.6. The predicted molar refractivity (Wildman–Crippen MR) is 67.5 cm³/mol. The summed E-state index contributed by atoms with van der Waals surface area (Å²) in [5.41, 5.74) is 0.952. The first-order valence-electron chi connectivity index (χ1n) is 6.57. The van der Waals surface area contributed by atoms with E-state index in [1.807, 2.05) is 10.8 Å². The Bertz CT molecular complexity index is 513. The minimum absolute atomic E-state index is 0.614. The summed E-state index contributed by atoms with van der Waals surface area (Å²) in [4.78, 5) is 8.81. The van der Waals surface area contributed by atoms with Crippen LogP contribution in [0.2, 0.25) is 0 Å². The zero-order chi connectivity index (χ0) is 12.4. The van der Waals surface area contributed by atoms with Gasteiger partial charge in [-0.05, 0) is 19.3 Å². The van der Waals surface area contributed by atoms with E-state index in [2.05, 4.69) is 22.2 Å². The van der Waals surface area contributed by atoms with Crippen molar-refractivity contribution in [2.45, 2.75) is 45.2 Å². The van der Waals surface area contributed by atoms with Crippen molar-refractivity contribution in [3.63, 3.8) is 0 Å². The minimum atomic E-state index is 0.614. The molecule has 1 saturated carbocycles. The molecule has 1 aliphatic carbocycles. The fraction of sp³-hybridized carbons (Fsp3) is 0.538. The van der Waals surface area contributed by atoms with Crippen LogP contribution < -0.4 is 5.32 Å². The molecule has 1 fully saturated rings. The lowest BCUT2D eigenvalue weighted by atomic mass is 10.3. The fourth-order valence-electron chi connectivity index (χ4n) is 1.94. The average Bonchev–Trinajstić information content (AvgIpc) is 2.89. The van der Waals surface area contributed by atoms with Crippen molar-refractivity contribution in [3.8, 4) is 6.01 Å². The SMILES string of the molecule is CCCc1nccn1-c1nc(CNC2CC2)co1. The number of imidazole rings is 1. The Morgan fingerprint density at radius 3 is 3.17 bits per heavy atom. The van der Waals surface area contributed by atoms with Gasteiger partial charge >= 0.3 is 6.01 Å². The number of aromatic nitrogens is 3. The standard InChI is InChI=1S/C13H18N4O/c1-2-3-12-14-6-7-17(12)13-16-11(9-18-13)8-15-10-4-5-10/h6-7,9-10,15H,2-5,8H2,1H3. The van der Waals surface area contributed by atoms with Crippen molar-refractivity contribution in [1.82, 2.24) is 19.9 Å². The lowest BCUT2D eigenvalue weighted by Crippen LogP contribution is -2.15. The molecule has 0 bridgehead atoms. The van der Waals surface area contributed by atoms with E-state index in [1.165, 1.54) is 12.8 Å². The second kappa shape index (κ2) is 4.94. The highest BCUT2D eigenvalue weighted by molar-refractivity contribution is 5.14. The molecule has 3 rings (SSSR count). The Hall–Kier alpha value is -1.62. The van der Waals surface area contributed by atoms with E-state index in [9.17, 15) is 0 Å². The summed E-state index contributed by atoms with van der Waals surface area (Å²) >= 11 is 0. The van der Waals surface area contributed by atoms with Crippen LogP contribution in [-0.4, -0.2) is 20.6 Å². The predicted octanol–water partition coefficient (Wildman–Crippen LogP) is 2.06. The summed E-state index contributed by atoms with van der Waals surface area (Å²) in [5.74, 6) is 1.00. The zero-order valence-corrected chi connectivity index (χ0v) is 10.6. The van der Waals surface area contributed by atoms with E-state index < -0.39 is 0 Å². The molecule has 0 aliphatic heterocycles. The van der Waals surface area contributed by atoms with E-state index in [1.54, 1.807) is 12.5 Å². The summed E-state index contributed by atoms with van der Waals surface area (Å²) in [6, 6.07) is 1.30. The molecule has 0 unspecified atom stereocenters. The number of hydrogen-bond acceptors (Lipinski definition) is 4. The first kappa shape index (κ1) is 11.5. The molecule has 0 spiro atoms.